The minimum Gasteiger partial charge on any atom is -0.352 e. The van der Waals surface area contributed by atoms with E-state index >= 15 is 0 Å². The predicted octanol–water partition coefficient (Wildman–Crippen LogP) is 2.71. The molecule has 3 heterocycles. The molecule has 1 aliphatic rings. The van der Waals surface area contributed by atoms with Crippen molar-refractivity contribution in [3.05, 3.63) is 71.9 Å². The number of aromatic nitrogens is 3. The Morgan fingerprint density at radius 1 is 1.23 bits per heavy atom. The lowest BCUT2D eigenvalue weighted by Crippen LogP contribution is -2.46. The van der Waals surface area contributed by atoms with Gasteiger partial charge in [-0.25, -0.2) is 4.39 Å². The fourth-order valence-corrected chi connectivity index (χ4v) is 3.78. The van der Waals surface area contributed by atoms with Gasteiger partial charge in [-0.2, -0.15) is 5.10 Å². The van der Waals surface area contributed by atoms with Crippen LogP contribution in [0.1, 0.15) is 24.1 Å². The first-order chi connectivity index (χ1) is 15.1. The number of likely N-dealkylation sites (tertiary alicyclic amines) is 1. The molecule has 0 unspecified atom stereocenters. The highest BCUT2D eigenvalue weighted by Crippen LogP contribution is 2.22. The van der Waals surface area contributed by atoms with Crippen LogP contribution in [0.25, 0.3) is 11.3 Å². The number of nitrogens with zero attached hydrogens (tertiary/aromatic N) is 3. The van der Waals surface area contributed by atoms with Gasteiger partial charge in [0.2, 0.25) is 11.8 Å². The summed E-state index contributed by atoms with van der Waals surface area (Å²) < 4.78 is 13.2. The Morgan fingerprint density at radius 2 is 2.06 bits per heavy atom. The van der Waals surface area contributed by atoms with Crippen LogP contribution in [0, 0.1) is 11.7 Å². The maximum absolute atomic E-state index is 13.2. The molecule has 4 rings (SSSR count). The second kappa shape index (κ2) is 9.51. The van der Waals surface area contributed by atoms with E-state index < -0.39 is 0 Å². The van der Waals surface area contributed by atoms with Crippen molar-refractivity contribution in [3.8, 4) is 11.3 Å². The normalized spacial score (nSPS) is 16.4. The van der Waals surface area contributed by atoms with Crippen LogP contribution in [0.2, 0.25) is 0 Å². The molecule has 2 aromatic heterocycles. The van der Waals surface area contributed by atoms with E-state index in [0.717, 1.165) is 22.5 Å². The van der Waals surface area contributed by atoms with Crippen LogP contribution in [0.4, 0.5) is 4.39 Å². The van der Waals surface area contributed by atoms with E-state index in [9.17, 15) is 14.0 Å². The van der Waals surface area contributed by atoms with Crippen molar-refractivity contribution in [1.82, 2.24) is 25.4 Å². The second-order valence-electron chi connectivity index (χ2n) is 7.64. The molecule has 8 heteroatoms. The van der Waals surface area contributed by atoms with Crippen molar-refractivity contribution < 1.29 is 14.0 Å². The van der Waals surface area contributed by atoms with Gasteiger partial charge in [0.05, 0.1) is 17.8 Å². The number of nitrogens with one attached hydrogen (secondary N) is 2. The number of halogens is 1. The molecule has 1 atom stereocenters. The quantitative estimate of drug-likeness (QED) is 0.614. The summed E-state index contributed by atoms with van der Waals surface area (Å²) in [6, 6.07) is 11.8. The van der Waals surface area contributed by atoms with E-state index in [0.29, 0.717) is 38.9 Å². The molecule has 0 saturated carbocycles. The molecule has 31 heavy (non-hydrogen) atoms. The minimum atomic E-state index is -0.308. The molecular formula is C23H24FN5O2. The second-order valence-corrected chi connectivity index (χ2v) is 7.64. The summed E-state index contributed by atoms with van der Waals surface area (Å²) in [5.74, 6) is -0.560. The van der Waals surface area contributed by atoms with Crippen molar-refractivity contribution in [2.45, 2.75) is 25.8 Å². The highest BCUT2D eigenvalue weighted by atomic mass is 19.1. The maximum atomic E-state index is 13.2. The largest absolute Gasteiger partial charge is 0.352 e. The number of rotatable bonds is 7. The molecule has 2 N–H and O–H groups in total. The standard InChI is InChI=1S/C23H24FN5O2/c24-19-7-4-16(5-8-19)22-18(14-27-28-22)13-26-23(31)17-6-9-21(30)29(15-17)12-10-20-3-1-2-11-25-20/h1-5,7-8,11,14,17H,6,9-10,12-13,15H2,(H,26,31)(H,27,28)/t17-/m0/s1. The van der Waals surface area contributed by atoms with Gasteiger partial charge in [-0.15, -0.1) is 0 Å². The minimum absolute atomic E-state index is 0.0772. The molecule has 7 nitrogen and oxygen atoms in total. The van der Waals surface area contributed by atoms with Crippen LogP contribution < -0.4 is 5.32 Å². The monoisotopic (exact) mass is 421 g/mol. The summed E-state index contributed by atoms with van der Waals surface area (Å²) in [5.41, 5.74) is 3.29. The van der Waals surface area contributed by atoms with Crippen LogP contribution >= 0.6 is 0 Å². The Labute approximate surface area is 179 Å². The number of carbonyl (C=O) groups excluding carboxylic acids is 2. The van der Waals surface area contributed by atoms with Crippen molar-refractivity contribution in [2.24, 2.45) is 5.92 Å². The number of carbonyl (C=O) groups is 2. The lowest BCUT2D eigenvalue weighted by atomic mass is 9.96. The summed E-state index contributed by atoms with van der Waals surface area (Å²) in [6.45, 7) is 1.27. The van der Waals surface area contributed by atoms with Gasteiger partial charge in [0, 0.05) is 55.5 Å². The van der Waals surface area contributed by atoms with E-state index in [-0.39, 0.29) is 23.5 Å². The first kappa shape index (κ1) is 20.7. The van der Waals surface area contributed by atoms with E-state index in [1.165, 1.54) is 12.1 Å². The van der Waals surface area contributed by atoms with E-state index in [1.807, 2.05) is 18.2 Å². The summed E-state index contributed by atoms with van der Waals surface area (Å²) in [7, 11) is 0. The number of H-pyrrole nitrogens is 1. The average Bonchev–Trinajstić information content (AvgIpc) is 3.27. The summed E-state index contributed by atoms with van der Waals surface area (Å²) in [5, 5.41) is 9.93. The Hall–Kier alpha value is -3.55. The number of amides is 2. The third-order valence-corrected chi connectivity index (χ3v) is 5.54. The molecule has 1 saturated heterocycles. The molecule has 1 aliphatic heterocycles. The Morgan fingerprint density at radius 3 is 2.84 bits per heavy atom. The molecule has 0 bridgehead atoms. The molecule has 3 aromatic rings. The number of pyridine rings is 1. The zero-order valence-electron chi connectivity index (χ0n) is 17.1. The van der Waals surface area contributed by atoms with E-state index in [1.54, 1.807) is 29.4 Å². The summed E-state index contributed by atoms with van der Waals surface area (Å²) in [4.78, 5) is 31.1. The smallest absolute Gasteiger partial charge is 0.225 e. The number of aromatic amines is 1. The van der Waals surface area contributed by atoms with Crippen LogP contribution in [-0.4, -0.2) is 45.0 Å². The van der Waals surface area contributed by atoms with Crippen LogP contribution in [0.3, 0.4) is 0 Å². The molecule has 0 radical (unpaired) electrons. The van der Waals surface area contributed by atoms with Crippen molar-refractivity contribution in [2.75, 3.05) is 13.1 Å². The first-order valence-electron chi connectivity index (χ1n) is 10.3. The van der Waals surface area contributed by atoms with Gasteiger partial charge in [0.15, 0.2) is 0 Å². The molecule has 0 aliphatic carbocycles. The fraction of sp³-hybridized carbons (Fsp3) is 0.304. The van der Waals surface area contributed by atoms with Crippen molar-refractivity contribution in [3.63, 3.8) is 0 Å². The summed E-state index contributed by atoms with van der Waals surface area (Å²) >= 11 is 0. The van der Waals surface area contributed by atoms with Gasteiger partial charge in [0.1, 0.15) is 5.82 Å². The van der Waals surface area contributed by atoms with Gasteiger partial charge in [0.25, 0.3) is 0 Å². The molecular weight excluding hydrogens is 397 g/mol. The van der Waals surface area contributed by atoms with Gasteiger partial charge in [-0.05, 0) is 42.8 Å². The molecule has 160 valence electrons. The van der Waals surface area contributed by atoms with Gasteiger partial charge >= 0.3 is 0 Å². The summed E-state index contributed by atoms with van der Waals surface area (Å²) in [6.07, 6.45) is 4.97. The third-order valence-electron chi connectivity index (χ3n) is 5.54. The SMILES string of the molecule is O=C(NCc1cn[nH]c1-c1ccc(F)cc1)[C@H]1CCC(=O)N(CCc2ccccn2)C1. The van der Waals surface area contributed by atoms with E-state index in [4.69, 9.17) is 0 Å². The Bertz CT molecular complexity index is 1040. The number of piperidine rings is 1. The van der Waals surface area contributed by atoms with Gasteiger partial charge in [-0.3, -0.25) is 19.7 Å². The topological polar surface area (TPSA) is 91.0 Å². The zero-order chi connectivity index (χ0) is 21.6. The number of hydrogen-bond acceptors (Lipinski definition) is 4. The fourth-order valence-electron chi connectivity index (χ4n) is 3.78. The molecule has 0 spiro atoms. The lowest BCUT2D eigenvalue weighted by molar-refractivity contribution is -0.138. The van der Waals surface area contributed by atoms with Crippen LogP contribution in [0.5, 0.6) is 0 Å². The van der Waals surface area contributed by atoms with Gasteiger partial charge in [-0.1, -0.05) is 6.07 Å². The lowest BCUT2D eigenvalue weighted by Gasteiger charge is -2.32. The first-order valence-corrected chi connectivity index (χ1v) is 10.3. The number of benzene rings is 1. The highest BCUT2D eigenvalue weighted by Gasteiger charge is 2.30. The van der Waals surface area contributed by atoms with Crippen LogP contribution in [0.15, 0.2) is 54.9 Å². The molecule has 2 amide bonds. The van der Waals surface area contributed by atoms with E-state index in [2.05, 4.69) is 20.5 Å². The highest BCUT2D eigenvalue weighted by molar-refractivity contribution is 5.84. The Balaban J connectivity index is 1.33. The van der Waals surface area contributed by atoms with Crippen LogP contribution in [-0.2, 0) is 22.6 Å². The number of hydrogen-bond donors (Lipinski definition) is 2. The molecule has 1 aromatic carbocycles. The third kappa shape index (κ3) is 5.14. The molecule has 1 fully saturated rings. The maximum Gasteiger partial charge on any atom is 0.225 e. The van der Waals surface area contributed by atoms with Gasteiger partial charge < -0.3 is 10.2 Å². The average molecular weight is 421 g/mol. The Kier molecular flexibility index (Phi) is 6.35. The van der Waals surface area contributed by atoms with Crippen molar-refractivity contribution in [1.29, 1.82) is 0 Å². The van der Waals surface area contributed by atoms with Crippen molar-refractivity contribution >= 4 is 11.8 Å². The zero-order valence-corrected chi connectivity index (χ0v) is 17.1. The predicted molar refractivity (Wildman–Crippen MR) is 113 cm³/mol.